The molecule has 0 aromatic rings. The van der Waals surface area contributed by atoms with Crippen LogP contribution in [0.5, 0.6) is 0 Å². The predicted octanol–water partition coefficient (Wildman–Crippen LogP) is 2.49. The second kappa shape index (κ2) is 10.6. The molecule has 0 radical (unpaired) electrons. The van der Waals surface area contributed by atoms with Crippen LogP contribution in [0.2, 0.25) is 0 Å². The number of aliphatic hydroxyl groups is 1. The summed E-state index contributed by atoms with van der Waals surface area (Å²) in [5.74, 6) is 0. The molecule has 0 spiro atoms. The van der Waals surface area contributed by atoms with Gasteiger partial charge in [-0.15, -0.1) is 0 Å². The van der Waals surface area contributed by atoms with E-state index < -0.39 is 0 Å². The SMILES string of the molecule is CCCCOCCOC1CCCC(CO)(NCCC)C1. The van der Waals surface area contributed by atoms with Crippen LogP contribution in [0, 0.1) is 0 Å². The van der Waals surface area contributed by atoms with E-state index in [1.807, 2.05) is 0 Å². The Morgan fingerprint density at radius 3 is 2.75 bits per heavy atom. The zero-order valence-corrected chi connectivity index (χ0v) is 13.3. The highest BCUT2D eigenvalue weighted by Gasteiger charge is 2.35. The first-order valence-electron chi connectivity index (χ1n) is 8.31. The van der Waals surface area contributed by atoms with Gasteiger partial charge in [0.05, 0.1) is 25.9 Å². The molecule has 4 heteroatoms. The van der Waals surface area contributed by atoms with E-state index >= 15 is 0 Å². The quantitative estimate of drug-likeness (QED) is 0.573. The first kappa shape index (κ1) is 17.9. The predicted molar refractivity (Wildman–Crippen MR) is 82.0 cm³/mol. The Balaban J connectivity index is 2.22. The maximum absolute atomic E-state index is 9.71. The van der Waals surface area contributed by atoms with E-state index in [2.05, 4.69) is 19.2 Å². The second-order valence-electron chi connectivity index (χ2n) is 5.92. The van der Waals surface area contributed by atoms with Crippen molar-refractivity contribution in [3.63, 3.8) is 0 Å². The molecule has 0 bridgehead atoms. The van der Waals surface area contributed by atoms with Crippen molar-refractivity contribution in [2.45, 2.75) is 70.4 Å². The third-order valence-corrected chi connectivity index (χ3v) is 4.08. The Morgan fingerprint density at radius 2 is 2.05 bits per heavy atom. The third-order valence-electron chi connectivity index (χ3n) is 4.08. The van der Waals surface area contributed by atoms with Crippen molar-refractivity contribution in [2.24, 2.45) is 0 Å². The summed E-state index contributed by atoms with van der Waals surface area (Å²) in [6.45, 7) is 7.69. The Kier molecular flexibility index (Phi) is 9.44. The van der Waals surface area contributed by atoms with E-state index in [4.69, 9.17) is 9.47 Å². The molecule has 1 aliphatic carbocycles. The number of rotatable bonds is 11. The molecule has 120 valence electrons. The largest absolute Gasteiger partial charge is 0.394 e. The van der Waals surface area contributed by atoms with Crippen molar-refractivity contribution in [2.75, 3.05) is 33.0 Å². The summed E-state index contributed by atoms with van der Waals surface area (Å²) in [6.07, 6.45) is 7.84. The van der Waals surface area contributed by atoms with Crippen LogP contribution < -0.4 is 5.32 Å². The van der Waals surface area contributed by atoms with Gasteiger partial charge < -0.3 is 19.9 Å². The van der Waals surface area contributed by atoms with Gasteiger partial charge in [0.2, 0.25) is 0 Å². The van der Waals surface area contributed by atoms with Crippen LogP contribution in [0.4, 0.5) is 0 Å². The van der Waals surface area contributed by atoms with E-state index in [9.17, 15) is 5.11 Å². The fraction of sp³-hybridized carbons (Fsp3) is 1.00. The summed E-state index contributed by atoms with van der Waals surface area (Å²) in [5.41, 5.74) is -0.123. The maximum atomic E-state index is 9.71. The summed E-state index contributed by atoms with van der Waals surface area (Å²) in [5, 5.41) is 13.2. The summed E-state index contributed by atoms with van der Waals surface area (Å²) in [7, 11) is 0. The van der Waals surface area contributed by atoms with E-state index in [0.29, 0.717) is 13.2 Å². The first-order valence-corrected chi connectivity index (χ1v) is 8.31. The standard InChI is InChI=1S/C16H33NO3/c1-3-5-10-19-11-12-20-15-7-6-8-16(13-15,14-18)17-9-4-2/h15,17-18H,3-14H2,1-2H3. The zero-order chi connectivity index (χ0) is 14.7. The molecule has 0 aromatic carbocycles. The van der Waals surface area contributed by atoms with Crippen LogP contribution in [-0.4, -0.2) is 49.7 Å². The van der Waals surface area contributed by atoms with Crippen LogP contribution >= 0.6 is 0 Å². The minimum absolute atomic E-state index is 0.123. The number of unbranched alkanes of at least 4 members (excludes halogenated alkanes) is 1. The average Bonchev–Trinajstić information content (AvgIpc) is 2.49. The molecule has 20 heavy (non-hydrogen) atoms. The smallest absolute Gasteiger partial charge is 0.0704 e. The molecular weight excluding hydrogens is 254 g/mol. The Morgan fingerprint density at radius 1 is 1.20 bits per heavy atom. The Labute approximate surface area is 124 Å². The molecule has 1 rings (SSSR count). The topological polar surface area (TPSA) is 50.7 Å². The number of aliphatic hydroxyl groups excluding tert-OH is 1. The molecule has 4 nitrogen and oxygen atoms in total. The van der Waals surface area contributed by atoms with Gasteiger partial charge in [-0.1, -0.05) is 20.3 Å². The lowest BCUT2D eigenvalue weighted by Gasteiger charge is -2.40. The summed E-state index contributed by atoms with van der Waals surface area (Å²) in [4.78, 5) is 0. The van der Waals surface area contributed by atoms with Gasteiger partial charge in [0.1, 0.15) is 0 Å². The highest BCUT2D eigenvalue weighted by molar-refractivity contribution is 4.93. The van der Waals surface area contributed by atoms with Crippen LogP contribution in [0.1, 0.15) is 58.8 Å². The number of ether oxygens (including phenoxy) is 2. The van der Waals surface area contributed by atoms with Crippen molar-refractivity contribution in [3.05, 3.63) is 0 Å². The maximum Gasteiger partial charge on any atom is 0.0704 e. The highest BCUT2D eigenvalue weighted by atomic mass is 16.5. The molecule has 1 fully saturated rings. The van der Waals surface area contributed by atoms with Crippen molar-refractivity contribution < 1.29 is 14.6 Å². The second-order valence-corrected chi connectivity index (χ2v) is 5.92. The monoisotopic (exact) mass is 287 g/mol. The average molecular weight is 287 g/mol. The lowest BCUT2D eigenvalue weighted by atomic mass is 9.80. The van der Waals surface area contributed by atoms with Crippen LogP contribution in [0.15, 0.2) is 0 Å². The minimum Gasteiger partial charge on any atom is -0.394 e. The van der Waals surface area contributed by atoms with Crippen molar-refractivity contribution in [1.29, 1.82) is 0 Å². The van der Waals surface area contributed by atoms with Gasteiger partial charge in [0.25, 0.3) is 0 Å². The van der Waals surface area contributed by atoms with Gasteiger partial charge in [-0.3, -0.25) is 0 Å². The molecule has 2 N–H and O–H groups in total. The molecule has 0 aromatic heterocycles. The fourth-order valence-corrected chi connectivity index (χ4v) is 2.82. The molecular formula is C16H33NO3. The van der Waals surface area contributed by atoms with Crippen molar-refractivity contribution in [1.82, 2.24) is 5.32 Å². The third kappa shape index (κ3) is 6.53. The van der Waals surface area contributed by atoms with Gasteiger partial charge >= 0.3 is 0 Å². The van der Waals surface area contributed by atoms with E-state index in [-0.39, 0.29) is 18.2 Å². The summed E-state index contributed by atoms with van der Waals surface area (Å²) < 4.78 is 11.4. The number of hydrogen-bond donors (Lipinski definition) is 2. The van der Waals surface area contributed by atoms with Gasteiger partial charge in [0.15, 0.2) is 0 Å². The first-order chi connectivity index (χ1) is 9.76. The molecule has 0 heterocycles. The normalized spacial score (nSPS) is 26.9. The Hall–Kier alpha value is -0.160. The van der Waals surface area contributed by atoms with Gasteiger partial charge in [0, 0.05) is 12.1 Å². The molecule has 2 atom stereocenters. The van der Waals surface area contributed by atoms with Crippen molar-refractivity contribution in [3.8, 4) is 0 Å². The van der Waals surface area contributed by atoms with Crippen LogP contribution in [-0.2, 0) is 9.47 Å². The zero-order valence-electron chi connectivity index (χ0n) is 13.3. The van der Waals surface area contributed by atoms with Gasteiger partial charge in [-0.2, -0.15) is 0 Å². The van der Waals surface area contributed by atoms with E-state index in [0.717, 1.165) is 51.7 Å². The van der Waals surface area contributed by atoms with E-state index in [1.54, 1.807) is 0 Å². The summed E-state index contributed by atoms with van der Waals surface area (Å²) >= 11 is 0. The van der Waals surface area contributed by atoms with Crippen LogP contribution in [0.25, 0.3) is 0 Å². The van der Waals surface area contributed by atoms with E-state index in [1.165, 1.54) is 6.42 Å². The molecule has 2 unspecified atom stereocenters. The number of hydrogen-bond acceptors (Lipinski definition) is 4. The van der Waals surface area contributed by atoms with Crippen LogP contribution in [0.3, 0.4) is 0 Å². The van der Waals surface area contributed by atoms with Gasteiger partial charge in [-0.25, -0.2) is 0 Å². The van der Waals surface area contributed by atoms with Crippen molar-refractivity contribution >= 4 is 0 Å². The lowest BCUT2D eigenvalue weighted by Crippen LogP contribution is -2.53. The lowest BCUT2D eigenvalue weighted by molar-refractivity contribution is -0.0379. The molecule has 0 saturated heterocycles. The highest BCUT2D eigenvalue weighted by Crippen LogP contribution is 2.30. The molecule has 0 aliphatic heterocycles. The van der Waals surface area contributed by atoms with Gasteiger partial charge in [-0.05, 0) is 45.1 Å². The Bertz CT molecular complexity index is 238. The summed E-state index contributed by atoms with van der Waals surface area (Å²) in [6, 6.07) is 0. The minimum atomic E-state index is -0.123. The molecule has 1 aliphatic rings. The number of nitrogens with one attached hydrogen (secondary N) is 1. The molecule has 0 amide bonds. The fourth-order valence-electron chi connectivity index (χ4n) is 2.82. The molecule has 1 saturated carbocycles.